The first-order valence-corrected chi connectivity index (χ1v) is 9.87. The quantitative estimate of drug-likeness (QED) is 0.221. The van der Waals surface area contributed by atoms with E-state index in [9.17, 15) is 41.4 Å². The van der Waals surface area contributed by atoms with Gasteiger partial charge in [-0.05, 0) is 46.5 Å². The molecule has 0 aromatic heterocycles. The molecule has 1 aliphatic rings. The molecular weight excluding hydrogens is 484 g/mol. The van der Waals surface area contributed by atoms with Crippen LogP contribution < -0.4 is 10.1 Å². The molecule has 0 radical (unpaired) electrons. The molecule has 12 heteroatoms. The molecule has 0 spiro atoms. The van der Waals surface area contributed by atoms with E-state index in [1.165, 1.54) is 41.7 Å². The third-order valence-corrected chi connectivity index (χ3v) is 5.09. The van der Waals surface area contributed by atoms with Crippen LogP contribution in [0, 0.1) is 0 Å². The van der Waals surface area contributed by atoms with Gasteiger partial charge in [-0.1, -0.05) is 36.4 Å². The smallest absolute Gasteiger partial charge is 0.478 e. The molecule has 35 heavy (non-hydrogen) atoms. The lowest BCUT2D eigenvalue weighted by molar-refractivity contribution is -0.274. The van der Waals surface area contributed by atoms with Crippen molar-refractivity contribution in [2.24, 2.45) is 0 Å². The fourth-order valence-electron chi connectivity index (χ4n) is 3.69. The Morgan fingerprint density at radius 3 is 1.86 bits per heavy atom. The van der Waals surface area contributed by atoms with E-state index in [4.69, 9.17) is 4.74 Å². The van der Waals surface area contributed by atoms with Gasteiger partial charge in [0, 0.05) is 11.3 Å². The van der Waals surface area contributed by atoms with Crippen LogP contribution in [0.15, 0.2) is 60.7 Å². The number of aromatic carboxylic acids is 1. The Kier molecular flexibility index (Phi) is 6.11. The second-order valence-electron chi connectivity index (χ2n) is 7.47. The maximum Gasteiger partial charge on any atom is 0.573 e. The topological polar surface area (TPSA) is 91.3 Å². The number of aliphatic hydroxyl groups is 1. The molecule has 1 heterocycles. The number of alkyl halides is 6. The number of benzene rings is 3. The van der Waals surface area contributed by atoms with Gasteiger partial charge in [-0.15, -0.1) is 13.2 Å². The molecule has 0 amide bonds. The van der Waals surface area contributed by atoms with Crippen molar-refractivity contribution in [3.05, 3.63) is 71.8 Å². The molecule has 3 aromatic rings. The van der Waals surface area contributed by atoms with E-state index < -0.39 is 36.8 Å². The Hall–Kier alpha value is -3.77. The van der Waals surface area contributed by atoms with Crippen LogP contribution in [0.4, 0.5) is 32.0 Å². The summed E-state index contributed by atoms with van der Waals surface area (Å²) in [6.45, 7) is 0. The molecule has 0 bridgehead atoms. The summed E-state index contributed by atoms with van der Waals surface area (Å²) in [5, 5.41) is 21.2. The van der Waals surface area contributed by atoms with Crippen molar-refractivity contribution in [2.45, 2.75) is 25.1 Å². The van der Waals surface area contributed by atoms with E-state index in [1.54, 1.807) is 0 Å². The minimum Gasteiger partial charge on any atom is -0.478 e. The number of ether oxygens (including phenoxy) is 2. The molecule has 3 N–H and O–H groups in total. The van der Waals surface area contributed by atoms with Gasteiger partial charge in [0.2, 0.25) is 0 Å². The van der Waals surface area contributed by atoms with E-state index in [0.717, 1.165) is 24.3 Å². The molecule has 3 aromatic carbocycles. The summed E-state index contributed by atoms with van der Waals surface area (Å²) in [6, 6.07) is 12.5. The molecule has 0 saturated carbocycles. The zero-order valence-electron chi connectivity index (χ0n) is 17.3. The van der Waals surface area contributed by atoms with Crippen LogP contribution in [0.5, 0.6) is 5.75 Å². The van der Waals surface area contributed by atoms with Crippen LogP contribution >= 0.6 is 0 Å². The largest absolute Gasteiger partial charge is 0.573 e. The first-order valence-electron chi connectivity index (χ1n) is 9.87. The van der Waals surface area contributed by atoms with Gasteiger partial charge in [-0.2, -0.15) is 13.2 Å². The third-order valence-electron chi connectivity index (χ3n) is 5.09. The van der Waals surface area contributed by atoms with Crippen molar-refractivity contribution < 1.29 is 50.8 Å². The summed E-state index contributed by atoms with van der Waals surface area (Å²) in [5.41, 5.74) is 0.613. The minimum absolute atomic E-state index is 0.0784. The van der Waals surface area contributed by atoms with Crippen molar-refractivity contribution in [1.29, 1.82) is 0 Å². The Morgan fingerprint density at radius 1 is 0.857 bits per heavy atom. The number of nitrogens with one attached hydrogen (secondary N) is 1. The first kappa shape index (κ1) is 24.4. The molecule has 1 fully saturated rings. The second kappa shape index (κ2) is 8.78. The lowest BCUT2D eigenvalue weighted by Gasteiger charge is -2.17. The van der Waals surface area contributed by atoms with Crippen molar-refractivity contribution in [3.63, 3.8) is 0 Å². The zero-order valence-corrected chi connectivity index (χ0v) is 17.3. The molecule has 4 rings (SSSR count). The van der Waals surface area contributed by atoms with E-state index >= 15 is 0 Å². The number of epoxide rings is 1. The molecule has 2 unspecified atom stereocenters. The average Bonchev–Trinajstić information content (AvgIpc) is 3.47. The van der Waals surface area contributed by atoms with E-state index in [0.29, 0.717) is 11.1 Å². The van der Waals surface area contributed by atoms with Gasteiger partial charge in [0.05, 0.1) is 5.56 Å². The Morgan fingerprint density at radius 2 is 1.37 bits per heavy atom. The number of carboxylic acids is 1. The number of rotatable bonds is 6. The Balaban J connectivity index is 1.78. The highest BCUT2D eigenvalue weighted by Crippen LogP contribution is 2.46. The number of anilines is 1. The first-order chi connectivity index (χ1) is 16.3. The molecule has 184 valence electrons. The van der Waals surface area contributed by atoms with Crippen LogP contribution in [-0.4, -0.2) is 35.1 Å². The normalized spacial score (nSPS) is 17.7. The van der Waals surface area contributed by atoms with Gasteiger partial charge in [-0.25, -0.2) is 4.79 Å². The van der Waals surface area contributed by atoms with Gasteiger partial charge in [0.25, 0.3) is 0 Å². The minimum atomic E-state index is -4.90. The Labute approximate surface area is 193 Å². The highest BCUT2D eigenvalue weighted by atomic mass is 19.4. The Bertz CT molecular complexity index is 1240. The van der Waals surface area contributed by atoms with Gasteiger partial charge < -0.3 is 19.7 Å². The van der Waals surface area contributed by atoms with Gasteiger partial charge in [-0.3, -0.25) is 5.32 Å². The SMILES string of the molecule is O=C(O)c1c(-c2ccc(OC(F)(F)F)cc2)ccc(-c2ccc(NC(F)(F)F)cc2)c1C1OC1O. The van der Waals surface area contributed by atoms with Crippen LogP contribution in [0.25, 0.3) is 22.3 Å². The van der Waals surface area contributed by atoms with Crippen LogP contribution in [0.2, 0.25) is 0 Å². The van der Waals surface area contributed by atoms with Crippen LogP contribution in [0.1, 0.15) is 22.0 Å². The average molecular weight is 499 g/mol. The fourth-order valence-corrected chi connectivity index (χ4v) is 3.69. The van der Waals surface area contributed by atoms with Crippen molar-refractivity contribution in [3.8, 4) is 28.0 Å². The number of halogens is 6. The van der Waals surface area contributed by atoms with Crippen LogP contribution in [0.3, 0.4) is 0 Å². The number of hydrogen-bond acceptors (Lipinski definition) is 5. The maximum absolute atomic E-state index is 12.6. The standard InChI is InChI=1S/C23H15F6NO5/c24-22(25,26)30-13-5-1-11(2-6-13)15-9-10-16(18(20(31)32)17(15)19-21(33)34-19)12-3-7-14(8-4-12)35-23(27,28)29/h1-10,19,21,30,33H,(H,31,32). The number of carbonyl (C=O) groups is 1. The summed E-state index contributed by atoms with van der Waals surface area (Å²) in [6.07, 6.45) is -11.8. The van der Waals surface area contributed by atoms with Crippen molar-refractivity contribution in [1.82, 2.24) is 0 Å². The van der Waals surface area contributed by atoms with Gasteiger partial charge >= 0.3 is 18.6 Å². The predicted molar refractivity (Wildman–Crippen MR) is 110 cm³/mol. The second-order valence-corrected chi connectivity index (χ2v) is 7.47. The highest BCUT2D eigenvalue weighted by Gasteiger charge is 2.43. The fraction of sp³-hybridized carbons (Fsp3) is 0.174. The molecule has 1 aliphatic heterocycles. The zero-order chi connectivity index (χ0) is 25.5. The maximum atomic E-state index is 12.6. The van der Waals surface area contributed by atoms with E-state index in [-0.39, 0.29) is 27.9 Å². The third kappa shape index (κ3) is 5.66. The number of aliphatic hydroxyl groups excluding tert-OH is 1. The monoisotopic (exact) mass is 499 g/mol. The molecular formula is C23H15F6NO5. The van der Waals surface area contributed by atoms with Gasteiger partial charge in [0.1, 0.15) is 11.9 Å². The predicted octanol–water partition coefficient (Wildman–Crippen LogP) is 5.94. The number of hydrogen-bond donors (Lipinski definition) is 3. The summed E-state index contributed by atoms with van der Waals surface area (Å²) < 4.78 is 83.9. The molecule has 6 nitrogen and oxygen atoms in total. The van der Waals surface area contributed by atoms with Crippen LogP contribution in [-0.2, 0) is 4.74 Å². The summed E-state index contributed by atoms with van der Waals surface area (Å²) >= 11 is 0. The number of carboxylic acid groups (broad SMARTS) is 1. The van der Waals surface area contributed by atoms with E-state index in [2.05, 4.69) is 4.74 Å². The van der Waals surface area contributed by atoms with Gasteiger partial charge in [0.15, 0.2) is 6.29 Å². The lowest BCUT2D eigenvalue weighted by atomic mass is 9.87. The highest BCUT2D eigenvalue weighted by molar-refractivity contribution is 6.00. The molecule has 1 saturated heterocycles. The summed E-state index contributed by atoms with van der Waals surface area (Å²) in [7, 11) is 0. The van der Waals surface area contributed by atoms with E-state index in [1.807, 2.05) is 0 Å². The molecule has 2 atom stereocenters. The van der Waals surface area contributed by atoms with Crippen molar-refractivity contribution in [2.75, 3.05) is 5.32 Å². The summed E-state index contributed by atoms with van der Waals surface area (Å²) in [4.78, 5) is 12.3. The lowest BCUT2D eigenvalue weighted by Crippen LogP contribution is -2.20. The summed E-state index contributed by atoms with van der Waals surface area (Å²) in [5.74, 6) is -1.89. The van der Waals surface area contributed by atoms with Crippen molar-refractivity contribution >= 4 is 11.7 Å². The molecule has 0 aliphatic carbocycles.